The number of hydrogen-bond acceptors (Lipinski definition) is 3. The third-order valence-corrected chi connectivity index (χ3v) is 0.872. The predicted octanol–water partition coefficient (Wildman–Crippen LogP) is 0.286. The Morgan fingerprint density at radius 1 is 2.00 bits per heavy atom. The molecule has 3 nitrogen and oxygen atoms in total. The molecule has 0 bridgehead atoms. The van der Waals surface area contributed by atoms with Gasteiger partial charge in [0.15, 0.2) is 6.23 Å². The van der Waals surface area contributed by atoms with E-state index in [1.54, 1.807) is 6.34 Å². The van der Waals surface area contributed by atoms with Crippen LogP contribution < -0.4 is 5.32 Å². The van der Waals surface area contributed by atoms with Gasteiger partial charge in [0.05, 0.1) is 0 Å². The first-order chi connectivity index (χ1) is 3.43. The van der Waals surface area contributed by atoms with Gasteiger partial charge < -0.3 is 10.2 Å². The van der Waals surface area contributed by atoms with E-state index in [0.29, 0.717) is 0 Å². The average Bonchev–Trinajstić information content (AvgIpc) is 2.14. The van der Waals surface area contributed by atoms with E-state index in [1.165, 1.54) is 0 Å². The van der Waals surface area contributed by atoms with Crippen molar-refractivity contribution in [2.75, 3.05) is 0 Å². The second-order valence-electron chi connectivity index (χ2n) is 1.40. The van der Waals surface area contributed by atoms with Gasteiger partial charge in [-0.2, -0.15) is 0 Å². The Kier molecular flexibility index (Phi) is 1.15. The summed E-state index contributed by atoms with van der Waals surface area (Å²) in [4.78, 5) is 4.76. The van der Waals surface area contributed by atoms with E-state index >= 15 is 0 Å². The Bertz CT molecular complexity index is 73.8. The fourth-order valence-corrected chi connectivity index (χ4v) is 0.440. The molecule has 0 saturated heterocycles. The molecular formula is C4H8N2O. The second-order valence-corrected chi connectivity index (χ2v) is 1.40. The van der Waals surface area contributed by atoms with Crippen molar-refractivity contribution in [3.05, 3.63) is 0 Å². The minimum atomic E-state index is 0.125. The molecule has 1 aliphatic heterocycles. The highest BCUT2D eigenvalue weighted by Crippen LogP contribution is 1.95. The Morgan fingerprint density at radius 2 is 2.86 bits per heavy atom. The third kappa shape index (κ3) is 0.824. The normalized spacial score (nSPS) is 26.7. The van der Waals surface area contributed by atoms with Crippen molar-refractivity contribution >= 4 is 6.34 Å². The van der Waals surface area contributed by atoms with Crippen molar-refractivity contribution < 1.29 is 4.84 Å². The monoisotopic (exact) mass is 100 g/mol. The van der Waals surface area contributed by atoms with Crippen LogP contribution in [0.2, 0.25) is 0 Å². The number of oxime groups is 1. The molecule has 1 heterocycles. The molecule has 0 spiro atoms. The minimum Gasteiger partial charge on any atom is -0.369 e. The van der Waals surface area contributed by atoms with E-state index in [0.717, 1.165) is 6.42 Å². The zero-order valence-electron chi connectivity index (χ0n) is 4.22. The summed E-state index contributed by atoms with van der Waals surface area (Å²) in [5.74, 6) is 0. The van der Waals surface area contributed by atoms with Gasteiger partial charge in [-0.05, 0) is 0 Å². The number of nitrogens with one attached hydrogen (secondary N) is 1. The molecule has 3 heteroatoms. The van der Waals surface area contributed by atoms with E-state index < -0.39 is 0 Å². The highest BCUT2D eigenvalue weighted by molar-refractivity contribution is 5.54. The van der Waals surface area contributed by atoms with Crippen molar-refractivity contribution in [3.8, 4) is 0 Å². The van der Waals surface area contributed by atoms with Crippen LogP contribution in [0, 0.1) is 0 Å². The Hall–Kier alpha value is -0.730. The molecule has 0 radical (unpaired) electrons. The predicted molar refractivity (Wildman–Crippen MR) is 26.8 cm³/mol. The Balaban J connectivity index is 2.22. The largest absolute Gasteiger partial charge is 0.369 e. The van der Waals surface area contributed by atoms with Crippen LogP contribution in [0.15, 0.2) is 5.16 Å². The molecule has 0 aromatic rings. The molecule has 7 heavy (non-hydrogen) atoms. The van der Waals surface area contributed by atoms with Gasteiger partial charge in [0, 0.05) is 6.42 Å². The van der Waals surface area contributed by atoms with E-state index in [-0.39, 0.29) is 6.23 Å². The van der Waals surface area contributed by atoms with Crippen molar-refractivity contribution in [3.63, 3.8) is 0 Å². The summed E-state index contributed by atoms with van der Waals surface area (Å²) in [5.41, 5.74) is 0. The molecule has 1 aliphatic rings. The van der Waals surface area contributed by atoms with E-state index in [1.807, 2.05) is 6.92 Å². The Morgan fingerprint density at radius 3 is 3.14 bits per heavy atom. The second kappa shape index (κ2) is 1.82. The zero-order valence-corrected chi connectivity index (χ0v) is 4.22. The van der Waals surface area contributed by atoms with Gasteiger partial charge in [0.25, 0.3) is 0 Å². The summed E-state index contributed by atoms with van der Waals surface area (Å²) in [7, 11) is 0. The first kappa shape index (κ1) is 4.43. The van der Waals surface area contributed by atoms with Crippen LogP contribution in [0.5, 0.6) is 0 Å². The van der Waals surface area contributed by atoms with Gasteiger partial charge in [-0.1, -0.05) is 12.1 Å². The fraction of sp³-hybridized carbons (Fsp3) is 0.750. The van der Waals surface area contributed by atoms with Gasteiger partial charge in [0.2, 0.25) is 0 Å². The molecule has 0 aromatic carbocycles. The maximum absolute atomic E-state index is 4.76. The summed E-state index contributed by atoms with van der Waals surface area (Å²) in [6.45, 7) is 2.03. The lowest BCUT2D eigenvalue weighted by Crippen LogP contribution is -2.21. The summed E-state index contributed by atoms with van der Waals surface area (Å²) in [6, 6.07) is 0. The van der Waals surface area contributed by atoms with Crippen LogP contribution in [0.3, 0.4) is 0 Å². The molecule has 0 saturated carbocycles. The lowest BCUT2D eigenvalue weighted by molar-refractivity contribution is 0.0704. The molecule has 0 aliphatic carbocycles. The molecule has 0 aromatic heterocycles. The van der Waals surface area contributed by atoms with E-state index in [9.17, 15) is 0 Å². The maximum atomic E-state index is 4.76. The quantitative estimate of drug-likeness (QED) is 0.513. The topological polar surface area (TPSA) is 33.6 Å². The molecule has 1 rings (SSSR count). The number of rotatable bonds is 1. The van der Waals surface area contributed by atoms with Gasteiger partial charge in [-0.3, -0.25) is 0 Å². The van der Waals surface area contributed by atoms with Gasteiger partial charge in [0.1, 0.15) is 6.34 Å². The van der Waals surface area contributed by atoms with Crippen LogP contribution in [0.1, 0.15) is 13.3 Å². The highest BCUT2D eigenvalue weighted by Gasteiger charge is 2.05. The van der Waals surface area contributed by atoms with Crippen molar-refractivity contribution in [2.24, 2.45) is 5.16 Å². The Labute approximate surface area is 42.3 Å². The molecule has 1 atom stereocenters. The van der Waals surface area contributed by atoms with E-state index in [2.05, 4.69) is 10.5 Å². The molecule has 0 fully saturated rings. The number of hydrogen-bond donors (Lipinski definition) is 1. The summed E-state index contributed by atoms with van der Waals surface area (Å²) < 4.78 is 0. The molecule has 40 valence electrons. The standard InChI is InChI=1S/C4H8N2O/c1-2-4-5-3-6-7-4/h3-4H,2H2,1H3,(H,5,6). The minimum absolute atomic E-state index is 0.125. The summed E-state index contributed by atoms with van der Waals surface area (Å²) in [6.07, 6.45) is 2.65. The van der Waals surface area contributed by atoms with Crippen molar-refractivity contribution in [1.82, 2.24) is 5.32 Å². The smallest absolute Gasteiger partial charge is 0.198 e. The van der Waals surface area contributed by atoms with Crippen molar-refractivity contribution in [1.29, 1.82) is 0 Å². The first-order valence-corrected chi connectivity index (χ1v) is 2.37. The SMILES string of the molecule is CCC1NC=NO1. The lowest BCUT2D eigenvalue weighted by Gasteiger charge is -2.01. The molecule has 0 amide bonds. The number of nitrogens with zero attached hydrogens (tertiary/aromatic N) is 1. The zero-order chi connectivity index (χ0) is 5.11. The van der Waals surface area contributed by atoms with Crippen LogP contribution in [-0.2, 0) is 4.84 Å². The van der Waals surface area contributed by atoms with Gasteiger partial charge in [-0.25, -0.2) is 0 Å². The molecular weight excluding hydrogens is 92.1 g/mol. The van der Waals surface area contributed by atoms with Gasteiger partial charge >= 0.3 is 0 Å². The average molecular weight is 100 g/mol. The maximum Gasteiger partial charge on any atom is 0.198 e. The lowest BCUT2D eigenvalue weighted by atomic mass is 10.4. The van der Waals surface area contributed by atoms with E-state index in [4.69, 9.17) is 4.84 Å². The van der Waals surface area contributed by atoms with Crippen molar-refractivity contribution in [2.45, 2.75) is 19.6 Å². The molecule has 1 N–H and O–H groups in total. The van der Waals surface area contributed by atoms with Crippen LogP contribution in [0.4, 0.5) is 0 Å². The fourth-order valence-electron chi connectivity index (χ4n) is 0.440. The van der Waals surface area contributed by atoms with Crippen LogP contribution >= 0.6 is 0 Å². The summed E-state index contributed by atoms with van der Waals surface area (Å²) in [5, 5.41) is 6.39. The summed E-state index contributed by atoms with van der Waals surface area (Å²) >= 11 is 0. The van der Waals surface area contributed by atoms with Crippen LogP contribution in [0.25, 0.3) is 0 Å². The van der Waals surface area contributed by atoms with Gasteiger partial charge in [-0.15, -0.1) is 0 Å². The van der Waals surface area contributed by atoms with Crippen LogP contribution in [-0.4, -0.2) is 12.6 Å². The highest BCUT2D eigenvalue weighted by atomic mass is 16.7. The molecule has 1 unspecified atom stereocenters. The third-order valence-electron chi connectivity index (χ3n) is 0.872. The first-order valence-electron chi connectivity index (χ1n) is 2.37.